The van der Waals surface area contributed by atoms with E-state index in [1.54, 1.807) is 56.6 Å². The van der Waals surface area contributed by atoms with Crippen LogP contribution in [0.4, 0.5) is 11.5 Å². The largest absolute Gasteiger partial charge is 0.497 e. The van der Waals surface area contributed by atoms with Gasteiger partial charge in [0.05, 0.1) is 12.0 Å². The van der Waals surface area contributed by atoms with E-state index in [2.05, 4.69) is 19.9 Å². The molecule has 1 aliphatic heterocycles. The second-order valence-electron chi connectivity index (χ2n) is 8.57. The number of aromatic nitrogens is 1. The quantitative estimate of drug-likeness (QED) is 0.489. The van der Waals surface area contributed by atoms with Crippen molar-refractivity contribution in [3.05, 3.63) is 77.5 Å². The Morgan fingerprint density at radius 2 is 1.77 bits per heavy atom. The Labute approximate surface area is 206 Å². The Morgan fingerprint density at radius 1 is 1.03 bits per heavy atom. The summed E-state index contributed by atoms with van der Waals surface area (Å²) in [5, 5.41) is 2.85. The van der Waals surface area contributed by atoms with Crippen molar-refractivity contribution in [2.45, 2.75) is 37.6 Å². The summed E-state index contributed by atoms with van der Waals surface area (Å²) in [5.74, 6) is 1.22. The van der Waals surface area contributed by atoms with Gasteiger partial charge in [-0.25, -0.2) is 13.4 Å². The topological polar surface area (TPSA) is 101 Å². The number of rotatable bonds is 8. The number of hydrogen-bond donors (Lipinski definition) is 2. The van der Waals surface area contributed by atoms with Gasteiger partial charge in [-0.15, -0.1) is 0 Å². The van der Waals surface area contributed by atoms with Gasteiger partial charge in [0.15, 0.2) is 0 Å². The van der Waals surface area contributed by atoms with Crippen molar-refractivity contribution in [1.82, 2.24) is 10.3 Å². The number of benzene rings is 2. The number of hydrogen-bond acceptors (Lipinski definition) is 6. The molecular weight excluding hydrogens is 464 g/mol. The first kappa shape index (κ1) is 24.5. The SMILES string of the molecule is COc1ccc(NS(=O)(=O)c2cc(C(=O)NCc3ccc(N4CCCCC4)nc3)ccc2C)cc1. The molecule has 2 N–H and O–H groups in total. The summed E-state index contributed by atoms with van der Waals surface area (Å²) in [5.41, 5.74) is 2.09. The lowest BCUT2D eigenvalue weighted by Gasteiger charge is -2.27. The van der Waals surface area contributed by atoms with Crippen LogP contribution in [0.25, 0.3) is 0 Å². The van der Waals surface area contributed by atoms with Crippen molar-refractivity contribution in [1.29, 1.82) is 0 Å². The number of nitrogens with one attached hydrogen (secondary N) is 2. The minimum absolute atomic E-state index is 0.0496. The van der Waals surface area contributed by atoms with Crippen LogP contribution in [0, 0.1) is 6.92 Å². The maximum atomic E-state index is 13.0. The monoisotopic (exact) mass is 494 g/mol. The molecule has 0 bridgehead atoms. The molecule has 0 unspecified atom stereocenters. The van der Waals surface area contributed by atoms with Gasteiger partial charge >= 0.3 is 0 Å². The number of ether oxygens (including phenoxy) is 1. The molecule has 0 radical (unpaired) electrons. The van der Waals surface area contributed by atoms with Gasteiger partial charge in [-0.3, -0.25) is 9.52 Å². The molecule has 0 spiro atoms. The number of carbonyl (C=O) groups excluding carboxylic acids is 1. The molecule has 3 aromatic rings. The molecule has 0 saturated carbocycles. The molecule has 9 heteroatoms. The van der Waals surface area contributed by atoms with E-state index in [1.807, 2.05) is 12.1 Å². The van der Waals surface area contributed by atoms with Crippen LogP contribution >= 0.6 is 0 Å². The van der Waals surface area contributed by atoms with Crippen LogP contribution in [0.5, 0.6) is 5.75 Å². The fraction of sp³-hybridized carbons (Fsp3) is 0.308. The van der Waals surface area contributed by atoms with Crippen molar-refractivity contribution < 1.29 is 17.9 Å². The lowest BCUT2D eigenvalue weighted by molar-refractivity contribution is 0.0950. The second kappa shape index (κ2) is 10.8. The Kier molecular flexibility index (Phi) is 7.55. The van der Waals surface area contributed by atoms with E-state index in [-0.39, 0.29) is 16.4 Å². The molecule has 8 nitrogen and oxygen atoms in total. The van der Waals surface area contributed by atoms with Crippen LogP contribution in [0.3, 0.4) is 0 Å². The van der Waals surface area contributed by atoms with Crippen LogP contribution in [0.15, 0.2) is 65.7 Å². The van der Waals surface area contributed by atoms with E-state index in [0.29, 0.717) is 23.5 Å². The third kappa shape index (κ3) is 6.10. The maximum absolute atomic E-state index is 13.0. The molecule has 184 valence electrons. The Balaban J connectivity index is 1.42. The van der Waals surface area contributed by atoms with Gasteiger partial charge in [-0.1, -0.05) is 12.1 Å². The van der Waals surface area contributed by atoms with E-state index in [1.165, 1.54) is 25.3 Å². The fourth-order valence-electron chi connectivity index (χ4n) is 4.02. The third-order valence-corrected chi connectivity index (χ3v) is 7.55. The highest BCUT2D eigenvalue weighted by atomic mass is 32.2. The van der Waals surface area contributed by atoms with Gasteiger partial charge < -0.3 is 15.0 Å². The number of anilines is 2. The second-order valence-corrected chi connectivity index (χ2v) is 10.2. The average molecular weight is 495 g/mol. The predicted octanol–water partition coefficient (Wildman–Crippen LogP) is 4.12. The number of pyridine rings is 1. The molecule has 0 atom stereocenters. The fourth-order valence-corrected chi connectivity index (χ4v) is 5.35. The van der Waals surface area contributed by atoms with Crippen molar-refractivity contribution in [2.24, 2.45) is 0 Å². The summed E-state index contributed by atoms with van der Waals surface area (Å²) in [4.78, 5) is 19.7. The highest BCUT2D eigenvalue weighted by Crippen LogP contribution is 2.23. The first-order valence-electron chi connectivity index (χ1n) is 11.6. The van der Waals surface area contributed by atoms with Gasteiger partial charge in [0.25, 0.3) is 15.9 Å². The molecular formula is C26H30N4O4S. The highest BCUT2D eigenvalue weighted by Gasteiger charge is 2.20. The Bertz CT molecular complexity index is 1270. The number of aryl methyl sites for hydroxylation is 1. The number of methoxy groups -OCH3 is 1. The first-order chi connectivity index (χ1) is 16.9. The van der Waals surface area contributed by atoms with Crippen LogP contribution in [-0.4, -0.2) is 39.5 Å². The standard InChI is InChI=1S/C26H30N4O4S/c1-19-6-8-21(16-24(19)35(32,33)29-22-9-11-23(34-2)12-10-22)26(31)28-18-20-7-13-25(27-17-20)30-14-4-3-5-15-30/h6-13,16-17,29H,3-5,14-15,18H2,1-2H3,(H,28,31). The van der Waals surface area contributed by atoms with Crippen LogP contribution in [-0.2, 0) is 16.6 Å². The van der Waals surface area contributed by atoms with Crippen LogP contribution in [0.1, 0.15) is 40.7 Å². The first-order valence-corrected chi connectivity index (χ1v) is 13.1. The average Bonchev–Trinajstić information content (AvgIpc) is 2.88. The molecule has 1 aliphatic rings. The van der Waals surface area contributed by atoms with Crippen LogP contribution in [0.2, 0.25) is 0 Å². The summed E-state index contributed by atoms with van der Waals surface area (Å²) in [7, 11) is -2.35. The van der Waals surface area contributed by atoms with E-state index < -0.39 is 10.0 Å². The smallest absolute Gasteiger partial charge is 0.262 e. The summed E-state index contributed by atoms with van der Waals surface area (Å²) in [6, 6.07) is 15.2. The van der Waals surface area contributed by atoms with E-state index in [4.69, 9.17) is 4.74 Å². The van der Waals surface area contributed by atoms with E-state index in [9.17, 15) is 13.2 Å². The molecule has 0 aliphatic carbocycles. The van der Waals surface area contributed by atoms with Gasteiger partial charge in [0.2, 0.25) is 0 Å². The normalized spacial score (nSPS) is 13.8. The maximum Gasteiger partial charge on any atom is 0.262 e. The zero-order valence-electron chi connectivity index (χ0n) is 20.0. The summed E-state index contributed by atoms with van der Waals surface area (Å²) in [6.45, 7) is 4.04. The summed E-state index contributed by atoms with van der Waals surface area (Å²) in [6.07, 6.45) is 5.40. The number of amides is 1. The van der Waals surface area contributed by atoms with Gasteiger partial charge in [-0.2, -0.15) is 0 Å². The van der Waals surface area contributed by atoms with E-state index in [0.717, 1.165) is 24.5 Å². The lowest BCUT2D eigenvalue weighted by atomic mass is 10.1. The molecule has 2 heterocycles. The van der Waals surface area contributed by atoms with Gasteiger partial charge in [0.1, 0.15) is 11.6 Å². The van der Waals surface area contributed by atoms with Crippen molar-refractivity contribution in [2.75, 3.05) is 29.8 Å². The minimum atomic E-state index is -3.89. The summed E-state index contributed by atoms with van der Waals surface area (Å²) < 4.78 is 33.7. The van der Waals surface area contributed by atoms with Crippen LogP contribution < -0.4 is 19.7 Å². The van der Waals surface area contributed by atoms with Crippen molar-refractivity contribution in [3.8, 4) is 5.75 Å². The molecule has 1 aromatic heterocycles. The number of piperidine rings is 1. The number of carbonyl (C=O) groups is 1. The molecule has 1 fully saturated rings. The van der Waals surface area contributed by atoms with Gasteiger partial charge in [0, 0.05) is 37.1 Å². The predicted molar refractivity (Wildman–Crippen MR) is 136 cm³/mol. The summed E-state index contributed by atoms with van der Waals surface area (Å²) >= 11 is 0. The minimum Gasteiger partial charge on any atom is -0.497 e. The number of nitrogens with zero attached hydrogens (tertiary/aromatic N) is 2. The molecule has 1 saturated heterocycles. The van der Waals surface area contributed by atoms with Crippen molar-refractivity contribution >= 4 is 27.4 Å². The Morgan fingerprint density at radius 3 is 2.43 bits per heavy atom. The zero-order chi connectivity index (χ0) is 24.8. The Hall–Kier alpha value is -3.59. The lowest BCUT2D eigenvalue weighted by Crippen LogP contribution is -2.30. The molecule has 1 amide bonds. The molecule has 35 heavy (non-hydrogen) atoms. The molecule has 4 rings (SSSR count). The zero-order valence-corrected chi connectivity index (χ0v) is 20.8. The van der Waals surface area contributed by atoms with Crippen molar-refractivity contribution in [3.63, 3.8) is 0 Å². The third-order valence-electron chi connectivity index (χ3n) is 6.02. The molecule has 2 aromatic carbocycles. The number of sulfonamides is 1. The van der Waals surface area contributed by atoms with Gasteiger partial charge in [-0.05, 0) is 79.8 Å². The highest BCUT2D eigenvalue weighted by molar-refractivity contribution is 7.92. The van der Waals surface area contributed by atoms with E-state index >= 15 is 0 Å².